The SMILES string of the molecule is CN=C(NCC(C)CN1CCCC1)NCC(C)Oc1cccc(OC)c1. The van der Waals surface area contributed by atoms with Gasteiger partial charge in [-0.05, 0) is 50.9 Å². The van der Waals surface area contributed by atoms with E-state index >= 15 is 0 Å². The number of benzene rings is 1. The van der Waals surface area contributed by atoms with Crippen LogP contribution < -0.4 is 20.1 Å². The zero-order valence-electron chi connectivity index (χ0n) is 16.6. The maximum Gasteiger partial charge on any atom is 0.191 e. The molecule has 0 amide bonds. The van der Waals surface area contributed by atoms with Gasteiger partial charge in [-0.2, -0.15) is 0 Å². The summed E-state index contributed by atoms with van der Waals surface area (Å²) in [7, 11) is 3.46. The third-order valence-electron chi connectivity index (χ3n) is 4.55. The second-order valence-electron chi connectivity index (χ2n) is 7.05. The van der Waals surface area contributed by atoms with Gasteiger partial charge in [0.05, 0.1) is 13.7 Å². The van der Waals surface area contributed by atoms with Crippen molar-refractivity contribution in [2.45, 2.75) is 32.8 Å². The van der Waals surface area contributed by atoms with Crippen LogP contribution in [0, 0.1) is 5.92 Å². The van der Waals surface area contributed by atoms with Crippen LogP contribution >= 0.6 is 0 Å². The van der Waals surface area contributed by atoms with Gasteiger partial charge in [-0.3, -0.25) is 4.99 Å². The van der Waals surface area contributed by atoms with Crippen molar-refractivity contribution in [3.63, 3.8) is 0 Å². The summed E-state index contributed by atoms with van der Waals surface area (Å²) in [6.45, 7) is 9.56. The number of likely N-dealkylation sites (tertiary alicyclic amines) is 1. The molecule has 1 aromatic carbocycles. The summed E-state index contributed by atoms with van der Waals surface area (Å²) in [6.07, 6.45) is 2.70. The number of methoxy groups -OCH3 is 1. The van der Waals surface area contributed by atoms with Crippen molar-refractivity contribution in [2.24, 2.45) is 10.9 Å². The first kappa shape index (κ1) is 20.4. The van der Waals surface area contributed by atoms with E-state index in [1.807, 2.05) is 31.2 Å². The number of rotatable bonds is 9. The summed E-state index contributed by atoms with van der Waals surface area (Å²) in [5, 5.41) is 6.75. The summed E-state index contributed by atoms with van der Waals surface area (Å²) in [5.74, 6) is 3.02. The van der Waals surface area contributed by atoms with Gasteiger partial charge in [0.15, 0.2) is 5.96 Å². The van der Waals surface area contributed by atoms with Crippen molar-refractivity contribution in [2.75, 3.05) is 46.9 Å². The molecule has 0 bridgehead atoms. The molecule has 146 valence electrons. The highest BCUT2D eigenvalue weighted by molar-refractivity contribution is 5.79. The zero-order chi connectivity index (χ0) is 18.8. The molecule has 6 nitrogen and oxygen atoms in total. The molecule has 1 fully saturated rings. The van der Waals surface area contributed by atoms with E-state index in [4.69, 9.17) is 9.47 Å². The number of nitrogens with zero attached hydrogens (tertiary/aromatic N) is 2. The minimum Gasteiger partial charge on any atom is -0.497 e. The Morgan fingerprint density at radius 3 is 2.54 bits per heavy atom. The van der Waals surface area contributed by atoms with Gasteiger partial charge in [0, 0.05) is 26.2 Å². The average Bonchev–Trinajstić information content (AvgIpc) is 3.15. The van der Waals surface area contributed by atoms with Crippen LogP contribution in [0.1, 0.15) is 26.7 Å². The molecular formula is C20H34N4O2. The van der Waals surface area contributed by atoms with Gasteiger partial charge in [0.2, 0.25) is 0 Å². The number of guanidine groups is 1. The molecule has 1 aliphatic heterocycles. The van der Waals surface area contributed by atoms with Crippen LogP contribution in [0.15, 0.2) is 29.3 Å². The smallest absolute Gasteiger partial charge is 0.191 e. The minimum absolute atomic E-state index is 0.0164. The van der Waals surface area contributed by atoms with Crippen LogP contribution in [0.3, 0.4) is 0 Å². The normalized spacial score (nSPS) is 17.6. The predicted molar refractivity (Wildman–Crippen MR) is 107 cm³/mol. The second kappa shape index (κ2) is 10.9. The molecule has 1 saturated heterocycles. The Bertz CT molecular complexity index is 558. The Morgan fingerprint density at radius 2 is 1.85 bits per heavy atom. The summed E-state index contributed by atoms with van der Waals surface area (Å²) in [5.41, 5.74) is 0. The fourth-order valence-electron chi connectivity index (χ4n) is 3.15. The molecule has 0 spiro atoms. The Kier molecular flexibility index (Phi) is 8.54. The van der Waals surface area contributed by atoms with Gasteiger partial charge in [0.25, 0.3) is 0 Å². The molecule has 2 atom stereocenters. The summed E-state index contributed by atoms with van der Waals surface area (Å²) >= 11 is 0. The van der Waals surface area contributed by atoms with Gasteiger partial charge in [-0.15, -0.1) is 0 Å². The van der Waals surface area contributed by atoms with Gasteiger partial charge in [-0.1, -0.05) is 13.0 Å². The fraction of sp³-hybridized carbons (Fsp3) is 0.650. The largest absolute Gasteiger partial charge is 0.497 e. The summed E-state index contributed by atoms with van der Waals surface area (Å²) < 4.78 is 11.2. The second-order valence-corrected chi connectivity index (χ2v) is 7.05. The zero-order valence-corrected chi connectivity index (χ0v) is 16.6. The van der Waals surface area contributed by atoms with E-state index in [-0.39, 0.29) is 6.10 Å². The summed E-state index contributed by atoms with van der Waals surface area (Å²) in [6, 6.07) is 7.66. The maximum atomic E-state index is 5.93. The monoisotopic (exact) mass is 362 g/mol. The van der Waals surface area contributed by atoms with Gasteiger partial charge < -0.3 is 25.0 Å². The fourth-order valence-corrected chi connectivity index (χ4v) is 3.15. The van der Waals surface area contributed by atoms with Crippen molar-refractivity contribution in [3.05, 3.63) is 24.3 Å². The number of aliphatic imine (C=N–C) groups is 1. The van der Waals surface area contributed by atoms with Crippen LogP contribution in [0.2, 0.25) is 0 Å². The van der Waals surface area contributed by atoms with E-state index in [1.165, 1.54) is 25.9 Å². The highest BCUT2D eigenvalue weighted by Crippen LogP contribution is 2.19. The molecule has 0 aliphatic carbocycles. The third-order valence-corrected chi connectivity index (χ3v) is 4.55. The highest BCUT2D eigenvalue weighted by Gasteiger charge is 2.15. The Morgan fingerprint density at radius 1 is 1.15 bits per heavy atom. The van der Waals surface area contributed by atoms with Gasteiger partial charge in [-0.25, -0.2) is 0 Å². The lowest BCUT2D eigenvalue weighted by atomic mass is 10.1. The lowest BCUT2D eigenvalue weighted by Gasteiger charge is -2.22. The van der Waals surface area contributed by atoms with Crippen molar-refractivity contribution in [3.8, 4) is 11.5 Å². The van der Waals surface area contributed by atoms with Crippen molar-refractivity contribution < 1.29 is 9.47 Å². The van der Waals surface area contributed by atoms with E-state index in [9.17, 15) is 0 Å². The minimum atomic E-state index is 0.0164. The van der Waals surface area contributed by atoms with Crippen LogP contribution in [0.4, 0.5) is 0 Å². The Labute approximate surface area is 158 Å². The molecule has 0 saturated carbocycles. The van der Waals surface area contributed by atoms with E-state index in [1.54, 1.807) is 14.2 Å². The molecule has 26 heavy (non-hydrogen) atoms. The first-order chi connectivity index (χ1) is 12.6. The maximum absolute atomic E-state index is 5.93. The first-order valence-corrected chi connectivity index (χ1v) is 9.58. The Hall–Kier alpha value is -1.95. The molecular weight excluding hydrogens is 328 g/mol. The van der Waals surface area contributed by atoms with Crippen LogP contribution in [0.25, 0.3) is 0 Å². The van der Waals surface area contributed by atoms with Crippen molar-refractivity contribution >= 4 is 5.96 Å². The molecule has 2 rings (SSSR count). The van der Waals surface area contributed by atoms with Crippen molar-refractivity contribution in [1.82, 2.24) is 15.5 Å². The molecule has 0 aromatic heterocycles. The number of hydrogen-bond donors (Lipinski definition) is 2. The topological polar surface area (TPSA) is 58.1 Å². The third kappa shape index (κ3) is 7.12. The molecule has 6 heteroatoms. The number of nitrogens with one attached hydrogen (secondary N) is 2. The quantitative estimate of drug-likeness (QED) is 0.522. The first-order valence-electron chi connectivity index (χ1n) is 9.58. The lowest BCUT2D eigenvalue weighted by molar-refractivity contribution is 0.222. The lowest BCUT2D eigenvalue weighted by Crippen LogP contribution is -2.44. The number of ether oxygens (including phenoxy) is 2. The molecule has 1 aromatic rings. The van der Waals surface area contributed by atoms with Crippen LogP contribution in [-0.4, -0.2) is 63.8 Å². The van der Waals surface area contributed by atoms with E-state index in [0.29, 0.717) is 12.5 Å². The van der Waals surface area contributed by atoms with E-state index in [0.717, 1.165) is 30.5 Å². The van der Waals surface area contributed by atoms with E-state index in [2.05, 4.69) is 27.4 Å². The standard InChI is InChI=1S/C20H34N4O2/c1-16(15-24-10-5-6-11-24)13-22-20(21-3)23-14-17(2)26-19-9-7-8-18(12-19)25-4/h7-9,12,16-17H,5-6,10-11,13-15H2,1-4H3,(H2,21,22,23). The van der Waals surface area contributed by atoms with Crippen LogP contribution in [-0.2, 0) is 0 Å². The Balaban J connectivity index is 1.68. The van der Waals surface area contributed by atoms with Gasteiger partial charge in [0.1, 0.15) is 17.6 Å². The summed E-state index contributed by atoms with van der Waals surface area (Å²) in [4.78, 5) is 6.85. The predicted octanol–water partition coefficient (Wildman–Crippen LogP) is 2.36. The molecule has 1 heterocycles. The molecule has 2 unspecified atom stereocenters. The van der Waals surface area contributed by atoms with E-state index < -0.39 is 0 Å². The van der Waals surface area contributed by atoms with Crippen LogP contribution in [0.5, 0.6) is 11.5 Å². The number of hydrogen-bond acceptors (Lipinski definition) is 4. The average molecular weight is 363 g/mol. The molecule has 2 N–H and O–H groups in total. The molecule has 0 radical (unpaired) electrons. The highest BCUT2D eigenvalue weighted by atomic mass is 16.5. The van der Waals surface area contributed by atoms with Crippen molar-refractivity contribution in [1.29, 1.82) is 0 Å². The van der Waals surface area contributed by atoms with Gasteiger partial charge >= 0.3 is 0 Å². The molecule has 1 aliphatic rings.